The second-order valence-corrected chi connectivity index (χ2v) is 5.51. The van der Waals surface area contributed by atoms with E-state index in [0.29, 0.717) is 22.8 Å². The van der Waals surface area contributed by atoms with Crippen molar-refractivity contribution in [2.75, 3.05) is 13.7 Å². The van der Waals surface area contributed by atoms with Gasteiger partial charge in [0.25, 0.3) is 5.91 Å². The van der Waals surface area contributed by atoms with E-state index in [2.05, 4.69) is 24.1 Å². The summed E-state index contributed by atoms with van der Waals surface area (Å²) in [6.07, 6.45) is 3.30. The van der Waals surface area contributed by atoms with E-state index in [4.69, 9.17) is 10.5 Å². The van der Waals surface area contributed by atoms with Crippen molar-refractivity contribution in [3.63, 3.8) is 0 Å². The molecule has 1 fully saturated rings. The van der Waals surface area contributed by atoms with Gasteiger partial charge in [0.1, 0.15) is 5.75 Å². The van der Waals surface area contributed by atoms with Gasteiger partial charge in [-0.15, -0.1) is 0 Å². The SMILES string of the molecule is COc1ccc(C(=O)NC2CCC(C)C2)cc1C#CCN. The molecule has 1 aliphatic rings. The smallest absolute Gasteiger partial charge is 0.251 e. The van der Waals surface area contributed by atoms with Crippen molar-refractivity contribution in [1.29, 1.82) is 0 Å². The number of hydrogen-bond acceptors (Lipinski definition) is 3. The molecule has 1 aliphatic carbocycles. The van der Waals surface area contributed by atoms with E-state index in [1.165, 1.54) is 6.42 Å². The van der Waals surface area contributed by atoms with E-state index in [9.17, 15) is 4.79 Å². The molecule has 0 radical (unpaired) electrons. The van der Waals surface area contributed by atoms with Gasteiger partial charge >= 0.3 is 0 Å². The molecule has 21 heavy (non-hydrogen) atoms. The number of carbonyl (C=O) groups excluding carboxylic acids is 1. The number of benzene rings is 1. The number of amides is 1. The Morgan fingerprint density at radius 2 is 2.29 bits per heavy atom. The summed E-state index contributed by atoms with van der Waals surface area (Å²) >= 11 is 0. The van der Waals surface area contributed by atoms with E-state index in [0.717, 1.165) is 12.8 Å². The third kappa shape index (κ3) is 3.99. The lowest BCUT2D eigenvalue weighted by atomic mass is 10.1. The molecule has 3 N–H and O–H groups in total. The largest absolute Gasteiger partial charge is 0.495 e. The Bertz CT molecular complexity index is 572. The minimum absolute atomic E-state index is 0.0486. The van der Waals surface area contributed by atoms with Crippen LogP contribution in [0.3, 0.4) is 0 Å². The molecule has 2 rings (SSSR count). The van der Waals surface area contributed by atoms with Crippen molar-refractivity contribution in [2.45, 2.75) is 32.2 Å². The summed E-state index contributed by atoms with van der Waals surface area (Å²) in [7, 11) is 1.59. The molecule has 0 bridgehead atoms. The van der Waals surface area contributed by atoms with Gasteiger partial charge in [0.15, 0.2) is 0 Å². The van der Waals surface area contributed by atoms with Gasteiger partial charge in [0.2, 0.25) is 0 Å². The molecule has 1 saturated carbocycles. The van der Waals surface area contributed by atoms with Crippen molar-refractivity contribution in [2.24, 2.45) is 11.7 Å². The van der Waals surface area contributed by atoms with E-state index in [1.807, 2.05) is 0 Å². The maximum atomic E-state index is 12.3. The van der Waals surface area contributed by atoms with Gasteiger partial charge in [-0.25, -0.2) is 0 Å². The number of nitrogens with two attached hydrogens (primary N) is 1. The van der Waals surface area contributed by atoms with Gasteiger partial charge in [-0.2, -0.15) is 0 Å². The first-order valence-electron chi connectivity index (χ1n) is 7.32. The maximum absolute atomic E-state index is 12.3. The Kier molecular flexibility index (Phi) is 5.24. The molecule has 1 amide bonds. The van der Waals surface area contributed by atoms with Crippen LogP contribution in [0.25, 0.3) is 0 Å². The summed E-state index contributed by atoms with van der Waals surface area (Å²) in [5.41, 5.74) is 6.69. The zero-order valence-electron chi connectivity index (χ0n) is 12.6. The summed E-state index contributed by atoms with van der Waals surface area (Å²) in [5.74, 6) is 7.03. The lowest BCUT2D eigenvalue weighted by Gasteiger charge is -2.13. The van der Waals surface area contributed by atoms with E-state index in [-0.39, 0.29) is 18.5 Å². The molecular formula is C17H22N2O2. The fourth-order valence-electron chi connectivity index (χ4n) is 2.70. The molecule has 4 nitrogen and oxygen atoms in total. The monoisotopic (exact) mass is 286 g/mol. The number of carbonyl (C=O) groups is 1. The summed E-state index contributed by atoms with van der Waals surface area (Å²) in [5, 5.41) is 3.09. The molecule has 2 atom stereocenters. The molecule has 0 aromatic heterocycles. The Morgan fingerprint density at radius 3 is 2.90 bits per heavy atom. The Hall–Kier alpha value is -1.99. The maximum Gasteiger partial charge on any atom is 0.251 e. The highest BCUT2D eigenvalue weighted by atomic mass is 16.5. The minimum Gasteiger partial charge on any atom is -0.495 e. The average molecular weight is 286 g/mol. The highest BCUT2D eigenvalue weighted by Crippen LogP contribution is 2.25. The van der Waals surface area contributed by atoms with Gasteiger partial charge < -0.3 is 15.8 Å². The van der Waals surface area contributed by atoms with Crippen LogP contribution in [0, 0.1) is 17.8 Å². The van der Waals surface area contributed by atoms with Crippen LogP contribution < -0.4 is 15.8 Å². The predicted octanol–water partition coefficient (Wildman–Crippen LogP) is 1.92. The average Bonchev–Trinajstić information content (AvgIpc) is 2.89. The van der Waals surface area contributed by atoms with Gasteiger partial charge in [0, 0.05) is 11.6 Å². The van der Waals surface area contributed by atoms with Crippen LogP contribution in [0.4, 0.5) is 0 Å². The fourth-order valence-corrected chi connectivity index (χ4v) is 2.70. The molecule has 0 heterocycles. The van der Waals surface area contributed by atoms with Gasteiger partial charge in [-0.05, 0) is 43.4 Å². The van der Waals surface area contributed by atoms with Crippen molar-refractivity contribution >= 4 is 5.91 Å². The quantitative estimate of drug-likeness (QED) is 0.834. The zero-order chi connectivity index (χ0) is 15.2. The van der Waals surface area contributed by atoms with Crippen molar-refractivity contribution in [1.82, 2.24) is 5.32 Å². The van der Waals surface area contributed by atoms with Crippen LogP contribution in [0.15, 0.2) is 18.2 Å². The normalized spacial score (nSPS) is 20.5. The lowest BCUT2D eigenvalue weighted by Crippen LogP contribution is -2.32. The molecule has 0 spiro atoms. The fraction of sp³-hybridized carbons (Fsp3) is 0.471. The topological polar surface area (TPSA) is 64.3 Å². The first-order chi connectivity index (χ1) is 10.1. The van der Waals surface area contributed by atoms with Crippen molar-refractivity contribution < 1.29 is 9.53 Å². The Labute approximate surface area is 126 Å². The third-order valence-corrected chi connectivity index (χ3v) is 3.82. The van der Waals surface area contributed by atoms with E-state index < -0.39 is 0 Å². The summed E-state index contributed by atoms with van der Waals surface area (Å²) in [6, 6.07) is 5.58. The minimum atomic E-state index is -0.0486. The number of methoxy groups -OCH3 is 1. The molecule has 0 saturated heterocycles. The van der Waals surface area contributed by atoms with E-state index in [1.54, 1.807) is 25.3 Å². The van der Waals surface area contributed by atoms with Crippen LogP contribution >= 0.6 is 0 Å². The van der Waals surface area contributed by atoms with Crippen molar-refractivity contribution in [3.8, 4) is 17.6 Å². The zero-order valence-corrected chi connectivity index (χ0v) is 12.6. The highest BCUT2D eigenvalue weighted by molar-refractivity contribution is 5.95. The van der Waals surface area contributed by atoms with Gasteiger partial charge in [-0.3, -0.25) is 4.79 Å². The number of ether oxygens (including phenoxy) is 1. The molecule has 0 aliphatic heterocycles. The van der Waals surface area contributed by atoms with Crippen LogP contribution in [0.2, 0.25) is 0 Å². The lowest BCUT2D eigenvalue weighted by molar-refractivity contribution is 0.0937. The second kappa shape index (κ2) is 7.14. The van der Waals surface area contributed by atoms with Crippen LogP contribution in [-0.4, -0.2) is 25.6 Å². The molecule has 1 aromatic carbocycles. The van der Waals surface area contributed by atoms with Gasteiger partial charge in [0.05, 0.1) is 19.2 Å². The standard InChI is InChI=1S/C17H22N2O2/c1-12-5-7-15(10-12)19-17(20)14-6-8-16(21-2)13(11-14)4-3-9-18/h6,8,11-12,15H,5,7,9-10,18H2,1-2H3,(H,19,20). The first-order valence-corrected chi connectivity index (χ1v) is 7.32. The van der Waals surface area contributed by atoms with Crippen LogP contribution in [0.5, 0.6) is 5.75 Å². The molecule has 1 aromatic rings. The number of rotatable bonds is 3. The molecule has 112 valence electrons. The molecule has 2 unspecified atom stereocenters. The Morgan fingerprint density at radius 1 is 1.48 bits per heavy atom. The molecular weight excluding hydrogens is 264 g/mol. The first kappa shape index (κ1) is 15.4. The molecule has 4 heteroatoms. The number of nitrogens with one attached hydrogen (secondary N) is 1. The highest BCUT2D eigenvalue weighted by Gasteiger charge is 2.23. The van der Waals surface area contributed by atoms with Gasteiger partial charge in [-0.1, -0.05) is 18.8 Å². The van der Waals surface area contributed by atoms with E-state index >= 15 is 0 Å². The third-order valence-electron chi connectivity index (χ3n) is 3.82. The predicted molar refractivity (Wildman–Crippen MR) is 83.2 cm³/mol. The van der Waals surface area contributed by atoms with Crippen molar-refractivity contribution in [3.05, 3.63) is 29.3 Å². The summed E-state index contributed by atoms with van der Waals surface area (Å²) in [4.78, 5) is 12.3. The summed E-state index contributed by atoms with van der Waals surface area (Å²) in [6.45, 7) is 2.50. The Balaban J connectivity index is 2.13. The van der Waals surface area contributed by atoms with Crippen LogP contribution in [-0.2, 0) is 0 Å². The second-order valence-electron chi connectivity index (χ2n) is 5.51. The summed E-state index contributed by atoms with van der Waals surface area (Å²) < 4.78 is 5.25. The van der Waals surface area contributed by atoms with Crippen LogP contribution in [0.1, 0.15) is 42.1 Å². The number of hydrogen-bond donors (Lipinski definition) is 2.